The van der Waals surface area contributed by atoms with Gasteiger partial charge in [-0.3, -0.25) is 4.79 Å². The highest BCUT2D eigenvalue weighted by atomic mass is 35.5. The number of hydrogen-bond acceptors (Lipinski definition) is 2. The Kier molecular flexibility index (Phi) is 6.51. The zero-order valence-corrected chi connectivity index (χ0v) is 11.9. The average Bonchev–Trinajstić information content (AvgIpc) is 2.78. The third-order valence-electron chi connectivity index (χ3n) is 2.37. The van der Waals surface area contributed by atoms with E-state index in [1.807, 2.05) is 30.5 Å². The molecule has 0 bridgehead atoms. The Morgan fingerprint density at radius 2 is 2.44 bits per heavy atom. The summed E-state index contributed by atoms with van der Waals surface area (Å²) < 4.78 is 0.737. The molecule has 0 N–H and O–H groups in total. The second-order valence-corrected chi connectivity index (χ2v) is 5.15. The van der Waals surface area contributed by atoms with E-state index in [1.54, 1.807) is 4.90 Å². The summed E-state index contributed by atoms with van der Waals surface area (Å²) in [6.07, 6.45) is 5.86. The van der Waals surface area contributed by atoms with Crippen molar-refractivity contribution >= 4 is 28.8 Å². The molecular weight excluding hydrogens is 266 g/mol. The van der Waals surface area contributed by atoms with E-state index in [-0.39, 0.29) is 5.91 Å². The summed E-state index contributed by atoms with van der Waals surface area (Å²) in [6, 6.07) is 1.94. The summed E-state index contributed by atoms with van der Waals surface area (Å²) >= 11 is 7.52. The molecule has 0 spiro atoms. The van der Waals surface area contributed by atoms with E-state index < -0.39 is 0 Å². The zero-order valence-electron chi connectivity index (χ0n) is 10.4. The van der Waals surface area contributed by atoms with Gasteiger partial charge in [0.2, 0.25) is 5.91 Å². The van der Waals surface area contributed by atoms with Crippen molar-refractivity contribution in [3.8, 4) is 0 Å². The Bertz CT molecular complexity index is 472. The first-order valence-electron chi connectivity index (χ1n) is 5.67. The number of carbonyl (C=O) groups excluding carboxylic acids is 1. The molecule has 0 fully saturated rings. The predicted molar refractivity (Wildman–Crippen MR) is 77.9 cm³/mol. The molecule has 0 aliphatic carbocycles. The van der Waals surface area contributed by atoms with Gasteiger partial charge >= 0.3 is 0 Å². The van der Waals surface area contributed by atoms with Crippen LogP contribution in [-0.2, 0) is 11.3 Å². The smallest absolute Gasteiger partial charge is 0.246 e. The fourth-order valence-electron chi connectivity index (χ4n) is 1.46. The van der Waals surface area contributed by atoms with Crippen molar-refractivity contribution in [1.82, 2.24) is 4.90 Å². The molecule has 1 heterocycles. The van der Waals surface area contributed by atoms with E-state index in [4.69, 9.17) is 11.6 Å². The largest absolute Gasteiger partial charge is 0.334 e. The van der Waals surface area contributed by atoms with Crippen molar-refractivity contribution in [2.24, 2.45) is 0 Å². The highest BCUT2D eigenvalue weighted by molar-refractivity contribution is 7.14. The molecule has 0 aliphatic heterocycles. The first-order chi connectivity index (χ1) is 8.69. The van der Waals surface area contributed by atoms with Crippen LogP contribution in [0, 0.1) is 0 Å². The fourth-order valence-corrected chi connectivity index (χ4v) is 2.37. The van der Waals surface area contributed by atoms with Gasteiger partial charge in [-0.05, 0) is 43.0 Å². The molecule has 0 aliphatic rings. The second kappa shape index (κ2) is 7.93. The van der Waals surface area contributed by atoms with Crippen LogP contribution in [0.25, 0.3) is 0 Å². The first kappa shape index (κ1) is 14.8. The molecule has 96 valence electrons. The number of carbonyl (C=O) groups is 1. The summed E-state index contributed by atoms with van der Waals surface area (Å²) in [5, 5.41) is 1.92. The SMILES string of the molecule is C=CC(=O)N(CCC=C=CC)Cc1ccsc1Cl. The highest BCUT2D eigenvalue weighted by Crippen LogP contribution is 2.24. The van der Waals surface area contributed by atoms with Crippen LogP contribution in [0.1, 0.15) is 18.9 Å². The van der Waals surface area contributed by atoms with Crippen LogP contribution in [0.4, 0.5) is 0 Å². The van der Waals surface area contributed by atoms with Crippen LogP contribution in [0.15, 0.2) is 42.0 Å². The molecule has 18 heavy (non-hydrogen) atoms. The van der Waals surface area contributed by atoms with Crippen molar-refractivity contribution in [3.05, 3.63) is 51.9 Å². The molecule has 0 atom stereocenters. The fraction of sp³-hybridized carbons (Fsp3) is 0.286. The summed E-state index contributed by atoms with van der Waals surface area (Å²) in [7, 11) is 0. The Labute approximate surface area is 117 Å². The lowest BCUT2D eigenvalue weighted by molar-refractivity contribution is -0.126. The van der Waals surface area contributed by atoms with Crippen molar-refractivity contribution < 1.29 is 4.79 Å². The van der Waals surface area contributed by atoms with E-state index in [9.17, 15) is 4.79 Å². The minimum absolute atomic E-state index is 0.0776. The van der Waals surface area contributed by atoms with Crippen molar-refractivity contribution in [2.75, 3.05) is 6.54 Å². The molecule has 0 saturated heterocycles. The third-order valence-corrected chi connectivity index (χ3v) is 3.62. The van der Waals surface area contributed by atoms with Gasteiger partial charge in [0.1, 0.15) is 0 Å². The standard InChI is InChI=1S/C14H16ClNOS/c1-3-5-6-7-9-16(13(17)4-2)11-12-8-10-18-14(12)15/h3-4,6,8,10H,2,7,9,11H2,1H3. The molecular formula is C14H16ClNOS. The third kappa shape index (κ3) is 4.53. The summed E-state index contributed by atoms with van der Waals surface area (Å²) in [5.74, 6) is -0.0776. The molecule has 1 amide bonds. The predicted octanol–water partition coefficient (Wildman–Crippen LogP) is 4.04. The zero-order chi connectivity index (χ0) is 13.4. The van der Waals surface area contributed by atoms with Gasteiger partial charge in [-0.25, -0.2) is 0 Å². The monoisotopic (exact) mass is 281 g/mol. The second-order valence-electron chi connectivity index (χ2n) is 3.63. The van der Waals surface area contributed by atoms with Gasteiger partial charge < -0.3 is 4.90 Å². The van der Waals surface area contributed by atoms with Gasteiger partial charge in [0.25, 0.3) is 0 Å². The van der Waals surface area contributed by atoms with Gasteiger partial charge in [-0.15, -0.1) is 17.1 Å². The molecule has 0 aromatic carbocycles. The molecule has 1 rings (SSSR count). The molecule has 4 heteroatoms. The van der Waals surface area contributed by atoms with Crippen LogP contribution in [0.3, 0.4) is 0 Å². The quantitative estimate of drug-likeness (QED) is 0.569. The van der Waals surface area contributed by atoms with Gasteiger partial charge in [0.15, 0.2) is 0 Å². The lowest BCUT2D eigenvalue weighted by atomic mass is 10.2. The van der Waals surface area contributed by atoms with Gasteiger partial charge in [-0.1, -0.05) is 18.2 Å². The molecule has 1 aromatic rings. The first-order valence-corrected chi connectivity index (χ1v) is 6.93. The van der Waals surface area contributed by atoms with Gasteiger partial charge in [0, 0.05) is 18.7 Å². The van der Waals surface area contributed by atoms with E-state index in [1.165, 1.54) is 17.4 Å². The minimum Gasteiger partial charge on any atom is -0.334 e. The maximum atomic E-state index is 11.7. The van der Waals surface area contributed by atoms with E-state index in [0.29, 0.717) is 13.1 Å². The van der Waals surface area contributed by atoms with Crippen LogP contribution < -0.4 is 0 Å². The van der Waals surface area contributed by atoms with Gasteiger partial charge in [0.05, 0.1) is 4.34 Å². The normalized spacial score (nSPS) is 9.44. The van der Waals surface area contributed by atoms with Crippen LogP contribution >= 0.6 is 22.9 Å². The number of hydrogen-bond donors (Lipinski definition) is 0. The molecule has 1 aromatic heterocycles. The van der Waals surface area contributed by atoms with E-state index in [2.05, 4.69) is 12.3 Å². The van der Waals surface area contributed by atoms with E-state index >= 15 is 0 Å². The average molecular weight is 282 g/mol. The summed E-state index contributed by atoms with van der Waals surface area (Å²) in [5.41, 5.74) is 3.97. The van der Waals surface area contributed by atoms with Gasteiger partial charge in [-0.2, -0.15) is 0 Å². The number of halogens is 1. The lowest BCUT2D eigenvalue weighted by Crippen LogP contribution is -2.29. The lowest BCUT2D eigenvalue weighted by Gasteiger charge is -2.20. The maximum absolute atomic E-state index is 11.7. The maximum Gasteiger partial charge on any atom is 0.246 e. The number of amides is 1. The summed E-state index contributed by atoms with van der Waals surface area (Å²) in [6.45, 7) is 6.60. The summed E-state index contributed by atoms with van der Waals surface area (Å²) in [4.78, 5) is 13.5. The molecule has 2 nitrogen and oxygen atoms in total. The Morgan fingerprint density at radius 3 is 3.00 bits per heavy atom. The Balaban J connectivity index is 2.67. The number of thiophene rings is 1. The molecule has 0 unspecified atom stereocenters. The van der Waals surface area contributed by atoms with Crippen LogP contribution in [0.5, 0.6) is 0 Å². The van der Waals surface area contributed by atoms with Crippen molar-refractivity contribution in [2.45, 2.75) is 19.9 Å². The van der Waals surface area contributed by atoms with Crippen LogP contribution in [0.2, 0.25) is 4.34 Å². The number of nitrogens with zero attached hydrogens (tertiary/aromatic N) is 1. The van der Waals surface area contributed by atoms with Crippen molar-refractivity contribution in [3.63, 3.8) is 0 Å². The van der Waals surface area contributed by atoms with Crippen LogP contribution in [-0.4, -0.2) is 17.4 Å². The van der Waals surface area contributed by atoms with Crippen molar-refractivity contribution in [1.29, 1.82) is 0 Å². The number of rotatable bonds is 6. The highest BCUT2D eigenvalue weighted by Gasteiger charge is 2.12. The topological polar surface area (TPSA) is 20.3 Å². The molecule has 0 saturated carbocycles. The Hall–Kier alpha value is -1.28. The Morgan fingerprint density at radius 1 is 1.67 bits per heavy atom. The minimum atomic E-state index is -0.0776. The molecule has 0 radical (unpaired) electrons. The van der Waals surface area contributed by atoms with E-state index in [0.717, 1.165) is 16.3 Å².